The van der Waals surface area contributed by atoms with Gasteiger partial charge in [0, 0.05) is 5.56 Å². The number of hydrogen-bond donors (Lipinski definition) is 0. The van der Waals surface area contributed by atoms with Gasteiger partial charge in [0.05, 0.1) is 5.60 Å². The van der Waals surface area contributed by atoms with Crippen LogP contribution in [0.3, 0.4) is 0 Å². The van der Waals surface area contributed by atoms with Crippen molar-refractivity contribution in [3.63, 3.8) is 0 Å². The van der Waals surface area contributed by atoms with Gasteiger partial charge in [0.1, 0.15) is 6.10 Å². The van der Waals surface area contributed by atoms with Gasteiger partial charge >= 0.3 is 0 Å². The van der Waals surface area contributed by atoms with E-state index < -0.39 is 23.3 Å². The predicted octanol–water partition coefficient (Wildman–Crippen LogP) is 3.35. The molecular weight excluding hydrogens is 226 g/mol. The van der Waals surface area contributed by atoms with Crippen molar-refractivity contribution >= 4 is 5.78 Å². The average molecular weight is 242 g/mol. The molecule has 2 nitrogen and oxygen atoms in total. The van der Waals surface area contributed by atoms with Gasteiger partial charge in [-0.1, -0.05) is 0 Å². The summed E-state index contributed by atoms with van der Waals surface area (Å²) in [7, 11) is 0. The van der Waals surface area contributed by atoms with Crippen LogP contribution in [0.5, 0.6) is 0 Å². The summed E-state index contributed by atoms with van der Waals surface area (Å²) < 4.78 is 31.1. The van der Waals surface area contributed by atoms with Crippen molar-refractivity contribution in [1.82, 2.24) is 0 Å². The van der Waals surface area contributed by atoms with Crippen molar-refractivity contribution in [2.75, 3.05) is 0 Å². The summed E-state index contributed by atoms with van der Waals surface area (Å²) in [5.41, 5.74) is -0.353. The van der Waals surface area contributed by atoms with Gasteiger partial charge in [0.2, 0.25) is 0 Å². The Bertz CT molecular complexity index is 422. The molecule has 17 heavy (non-hydrogen) atoms. The minimum absolute atomic E-state index is 0.112. The summed E-state index contributed by atoms with van der Waals surface area (Å²) in [6.07, 6.45) is -0.695. The van der Waals surface area contributed by atoms with Crippen molar-refractivity contribution in [1.29, 1.82) is 0 Å². The topological polar surface area (TPSA) is 26.3 Å². The summed E-state index contributed by atoms with van der Waals surface area (Å²) >= 11 is 0. The van der Waals surface area contributed by atoms with Crippen LogP contribution in [0, 0.1) is 11.6 Å². The highest BCUT2D eigenvalue weighted by Crippen LogP contribution is 2.16. The molecule has 0 spiro atoms. The first-order valence-electron chi connectivity index (χ1n) is 5.38. The van der Waals surface area contributed by atoms with E-state index in [9.17, 15) is 13.6 Å². The maximum absolute atomic E-state index is 13.0. The highest BCUT2D eigenvalue weighted by atomic mass is 19.2. The number of carbonyl (C=O) groups is 1. The Labute approximate surface area is 99.6 Å². The first kappa shape index (κ1) is 13.8. The summed E-state index contributed by atoms with van der Waals surface area (Å²) in [5, 5.41) is 0. The minimum Gasteiger partial charge on any atom is -0.365 e. The fourth-order valence-electron chi connectivity index (χ4n) is 1.47. The standard InChI is InChI=1S/C13H16F2O2/c1-8(17-13(2,3)4)12(16)9-5-6-10(14)11(15)7-9/h5-8H,1-4H3. The van der Waals surface area contributed by atoms with E-state index in [4.69, 9.17) is 4.74 Å². The molecule has 0 fully saturated rings. The summed E-state index contributed by atoms with van der Waals surface area (Å²) in [5.74, 6) is -2.36. The van der Waals surface area contributed by atoms with Gasteiger partial charge in [-0.25, -0.2) is 8.78 Å². The number of ether oxygens (including phenoxy) is 1. The molecule has 0 amide bonds. The molecule has 0 N–H and O–H groups in total. The zero-order valence-corrected chi connectivity index (χ0v) is 10.4. The average Bonchev–Trinajstić information content (AvgIpc) is 2.18. The van der Waals surface area contributed by atoms with Crippen molar-refractivity contribution < 1.29 is 18.3 Å². The Morgan fingerprint density at radius 1 is 1.24 bits per heavy atom. The highest BCUT2D eigenvalue weighted by molar-refractivity contribution is 5.99. The predicted molar refractivity (Wildman–Crippen MR) is 61.0 cm³/mol. The van der Waals surface area contributed by atoms with Crippen LogP contribution in [0.4, 0.5) is 8.78 Å². The van der Waals surface area contributed by atoms with E-state index in [1.807, 2.05) is 20.8 Å². The van der Waals surface area contributed by atoms with E-state index in [0.29, 0.717) is 0 Å². The third kappa shape index (κ3) is 3.89. The molecule has 0 aliphatic rings. The Morgan fingerprint density at radius 2 is 1.82 bits per heavy atom. The summed E-state index contributed by atoms with van der Waals surface area (Å²) in [6, 6.07) is 3.08. The maximum atomic E-state index is 13.0. The van der Waals surface area contributed by atoms with Crippen molar-refractivity contribution in [2.24, 2.45) is 0 Å². The van der Waals surface area contributed by atoms with Crippen LogP contribution in [-0.2, 0) is 4.74 Å². The molecule has 0 aliphatic carbocycles. The van der Waals surface area contributed by atoms with Gasteiger partial charge in [-0.3, -0.25) is 4.79 Å². The Morgan fingerprint density at radius 3 is 2.29 bits per heavy atom. The first-order valence-corrected chi connectivity index (χ1v) is 5.38. The number of ketones is 1. The molecule has 0 bridgehead atoms. The second kappa shape index (κ2) is 4.92. The van der Waals surface area contributed by atoms with E-state index in [-0.39, 0.29) is 11.3 Å². The second-order valence-corrected chi connectivity index (χ2v) is 4.87. The fraction of sp³-hybridized carbons (Fsp3) is 0.462. The lowest BCUT2D eigenvalue weighted by atomic mass is 10.1. The van der Waals surface area contributed by atoms with Gasteiger partial charge in [0.15, 0.2) is 17.4 Å². The highest BCUT2D eigenvalue weighted by Gasteiger charge is 2.22. The van der Waals surface area contributed by atoms with Crippen molar-refractivity contribution in [3.8, 4) is 0 Å². The molecular formula is C13H16F2O2. The molecule has 0 aromatic heterocycles. The zero-order valence-electron chi connectivity index (χ0n) is 10.4. The third-order valence-electron chi connectivity index (χ3n) is 2.10. The monoisotopic (exact) mass is 242 g/mol. The lowest BCUT2D eigenvalue weighted by Crippen LogP contribution is -2.31. The molecule has 4 heteroatoms. The minimum atomic E-state index is -1.03. The van der Waals surface area contributed by atoms with Gasteiger partial charge in [-0.2, -0.15) is 0 Å². The summed E-state index contributed by atoms with van der Waals surface area (Å²) in [4.78, 5) is 11.9. The number of rotatable bonds is 3. The zero-order chi connectivity index (χ0) is 13.2. The number of benzene rings is 1. The van der Waals surface area contributed by atoms with Crippen LogP contribution >= 0.6 is 0 Å². The molecule has 0 aliphatic heterocycles. The van der Waals surface area contributed by atoms with E-state index in [1.54, 1.807) is 6.92 Å². The molecule has 1 aromatic rings. The van der Waals surface area contributed by atoms with E-state index in [0.717, 1.165) is 12.1 Å². The molecule has 1 aromatic carbocycles. The van der Waals surface area contributed by atoms with Crippen LogP contribution in [0.1, 0.15) is 38.1 Å². The van der Waals surface area contributed by atoms with Gasteiger partial charge in [0.25, 0.3) is 0 Å². The van der Waals surface area contributed by atoms with Crippen molar-refractivity contribution in [3.05, 3.63) is 35.4 Å². The lowest BCUT2D eigenvalue weighted by Gasteiger charge is -2.24. The second-order valence-electron chi connectivity index (χ2n) is 4.87. The van der Waals surface area contributed by atoms with Crippen LogP contribution in [0.15, 0.2) is 18.2 Å². The Hall–Kier alpha value is -1.29. The molecule has 0 radical (unpaired) electrons. The van der Waals surface area contributed by atoms with Crippen LogP contribution in [0.25, 0.3) is 0 Å². The molecule has 0 heterocycles. The molecule has 0 saturated carbocycles. The number of halogens is 2. The van der Waals surface area contributed by atoms with Crippen LogP contribution < -0.4 is 0 Å². The third-order valence-corrected chi connectivity index (χ3v) is 2.10. The molecule has 1 atom stereocenters. The molecule has 0 saturated heterocycles. The van der Waals surface area contributed by atoms with Crippen LogP contribution in [-0.4, -0.2) is 17.5 Å². The smallest absolute Gasteiger partial charge is 0.191 e. The Balaban J connectivity index is 2.85. The lowest BCUT2D eigenvalue weighted by molar-refractivity contribution is -0.0381. The first-order chi connectivity index (χ1) is 7.70. The molecule has 94 valence electrons. The van der Waals surface area contributed by atoms with E-state index >= 15 is 0 Å². The summed E-state index contributed by atoms with van der Waals surface area (Å²) in [6.45, 7) is 7.06. The van der Waals surface area contributed by atoms with Crippen LogP contribution in [0.2, 0.25) is 0 Å². The van der Waals surface area contributed by atoms with E-state index in [1.165, 1.54) is 6.07 Å². The number of Topliss-reactive ketones (excluding diaryl/α,β-unsaturated/α-hetero) is 1. The van der Waals surface area contributed by atoms with Gasteiger partial charge in [-0.15, -0.1) is 0 Å². The fourth-order valence-corrected chi connectivity index (χ4v) is 1.47. The Kier molecular flexibility index (Phi) is 3.98. The quantitative estimate of drug-likeness (QED) is 0.760. The largest absolute Gasteiger partial charge is 0.365 e. The normalized spacial score (nSPS) is 13.5. The SMILES string of the molecule is CC(OC(C)(C)C)C(=O)c1ccc(F)c(F)c1. The molecule has 1 unspecified atom stereocenters. The van der Waals surface area contributed by atoms with Gasteiger partial charge < -0.3 is 4.74 Å². The number of carbonyl (C=O) groups excluding carboxylic acids is 1. The van der Waals surface area contributed by atoms with Gasteiger partial charge in [-0.05, 0) is 45.9 Å². The maximum Gasteiger partial charge on any atom is 0.191 e. The number of hydrogen-bond acceptors (Lipinski definition) is 2. The molecule has 1 rings (SSSR count). The van der Waals surface area contributed by atoms with E-state index in [2.05, 4.69) is 0 Å². The van der Waals surface area contributed by atoms with Crippen molar-refractivity contribution in [2.45, 2.75) is 39.4 Å².